The molecule has 0 unspecified atom stereocenters. The van der Waals surface area contributed by atoms with Crippen LogP contribution in [0, 0.1) is 0 Å². The van der Waals surface area contributed by atoms with E-state index in [9.17, 15) is 51.1 Å². The molecular weight excluding hydrogens is 989 g/mol. The third-order valence-electron chi connectivity index (χ3n) is 11.5. The van der Waals surface area contributed by atoms with Gasteiger partial charge in [0.2, 0.25) is 35.7 Å². The van der Waals surface area contributed by atoms with E-state index in [-0.39, 0.29) is 187 Å². The van der Waals surface area contributed by atoms with Crippen LogP contribution in [0.4, 0.5) is 35.7 Å². The zero-order valence-electron chi connectivity index (χ0n) is 43.3. The second-order valence-electron chi connectivity index (χ2n) is 17.1. The summed E-state index contributed by atoms with van der Waals surface area (Å²) in [5, 5.41) is 101. The zero-order chi connectivity index (χ0) is 54.5. The lowest BCUT2D eigenvalue weighted by Gasteiger charge is -2.29. The second-order valence-corrected chi connectivity index (χ2v) is 17.1. The van der Waals surface area contributed by atoms with Crippen LogP contribution in [0.2, 0.25) is 0 Å². The fourth-order valence-electron chi connectivity index (χ4n) is 7.97. The molecule has 0 amide bonds. The number of nitrogens with zero attached hydrogens (tertiary/aromatic N) is 12. The average molecular weight is 1070 g/mol. The predicted octanol–water partition coefficient (Wildman–Crippen LogP) is -0.835. The minimum Gasteiger partial charge on any atom is -0.494 e. The van der Waals surface area contributed by atoms with Crippen molar-refractivity contribution in [3.63, 3.8) is 0 Å². The molecule has 0 fully saturated rings. The second kappa shape index (κ2) is 33.5. The highest BCUT2D eigenvalue weighted by Crippen LogP contribution is 2.30. The average Bonchev–Trinajstić information content (AvgIpc) is 3.43. The summed E-state index contributed by atoms with van der Waals surface area (Å²) in [6.07, 6.45) is 0.861. The number of benzene rings is 3. The molecule has 25 heteroatoms. The number of ether oxygens (including phenoxy) is 3. The number of anilines is 6. The molecule has 10 N–H and O–H groups in total. The van der Waals surface area contributed by atoms with Crippen molar-refractivity contribution in [3.05, 3.63) is 89.0 Å². The first kappa shape index (κ1) is 60.3. The van der Waals surface area contributed by atoms with Crippen LogP contribution in [0.1, 0.15) is 35.6 Å². The van der Waals surface area contributed by atoms with E-state index in [1.807, 2.05) is 55.5 Å². The minimum absolute atomic E-state index is 0.00323. The Morgan fingerprint density at radius 1 is 0.342 bits per heavy atom. The van der Waals surface area contributed by atoms with E-state index in [2.05, 4.69) is 0 Å². The zero-order valence-corrected chi connectivity index (χ0v) is 43.3. The highest BCUT2D eigenvalue weighted by molar-refractivity contribution is 5.51. The van der Waals surface area contributed by atoms with Crippen LogP contribution in [0.15, 0.2) is 66.7 Å². The van der Waals surface area contributed by atoms with Gasteiger partial charge in [-0.2, -0.15) is 29.9 Å². The molecule has 25 nitrogen and oxygen atoms in total. The van der Waals surface area contributed by atoms with Crippen LogP contribution in [0.25, 0.3) is 0 Å². The van der Waals surface area contributed by atoms with E-state index >= 15 is 0 Å². The monoisotopic (exact) mass is 1060 g/mol. The number of aliphatic hydroxyl groups excluding tert-OH is 10. The van der Waals surface area contributed by atoms with E-state index < -0.39 is 0 Å². The largest absolute Gasteiger partial charge is 0.494 e. The molecule has 0 bridgehead atoms. The Morgan fingerprint density at radius 3 is 1.12 bits per heavy atom. The molecule has 0 saturated carbocycles. The lowest BCUT2D eigenvalue weighted by molar-refractivity contribution is 0.200. The Bertz CT molecular complexity index is 2410. The number of aromatic nitrogens is 6. The number of hydrogen-bond acceptors (Lipinski definition) is 25. The van der Waals surface area contributed by atoms with Gasteiger partial charge in [-0.25, -0.2) is 0 Å². The Morgan fingerprint density at radius 2 is 0.697 bits per heavy atom. The first-order chi connectivity index (χ1) is 37.2. The number of aliphatic hydroxyl groups is 10. The number of rotatable bonds is 39. The van der Waals surface area contributed by atoms with Crippen LogP contribution in [0.3, 0.4) is 0 Å². The quantitative estimate of drug-likeness (QED) is 0.0230. The van der Waals surface area contributed by atoms with Crippen molar-refractivity contribution in [1.82, 2.24) is 29.9 Å². The first-order valence-electron chi connectivity index (χ1n) is 25.5. The molecule has 76 heavy (non-hydrogen) atoms. The molecule has 5 rings (SSSR count). The van der Waals surface area contributed by atoms with Crippen molar-refractivity contribution < 1.29 is 65.3 Å². The molecule has 0 aliphatic heterocycles. The van der Waals surface area contributed by atoms with Crippen LogP contribution < -0.4 is 43.6 Å². The van der Waals surface area contributed by atoms with Gasteiger partial charge in [0, 0.05) is 89.7 Å². The van der Waals surface area contributed by atoms with Gasteiger partial charge in [0.05, 0.1) is 72.7 Å². The van der Waals surface area contributed by atoms with E-state index in [4.69, 9.17) is 44.1 Å². The normalized spacial score (nSPS) is 11.1. The predicted molar refractivity (Wildman–Crippen MR) is 285 cm³/mol. The highest BCUT2D eigenvalue weighted by atomic mass is 16.5. The van der Waals surface area contributed by atoms with E-state index in [0.717, 1.165) is 17.7 Å². The maximum absolute atomic E-state index is 10.6. The van der Waals surface area contributed by atoms with E-state index in [1.165, 1.54) is 0 Å². The molecule has 2 heterocycles. The van der Waals surface area contributed by atoms with Gasteiger partial charge in [-0.1, -0.05) is 43.3 Å². The van der Waals surface area contributed by atoms with E-state index in [1.54, 1.807) is 47.6 Å². The van der Waals surface area contributed by atoms with Crippen LogP contribution in [-0.4, -0.2) is 219 Å². The summed E-state index contributed by atoms with van der Waals surface area (Å²) in [5.74, 6) is 2.44. The molecule has 0 aliphatic rings. The first-order valence-corrected chi connectivity index (χ1v) is 25.5. The molecule has 0 aliphatic carbocycles. The molecule has 0 atom stereocenters. The Hall–Kier alpha value is -6.52. The Balaban J connectivity index is 1.59. The van der Waals surface area contributed by atoms with Gasteiger partial charge in [0.25, 0.3) is 0 Å². The lowest BCUT2D eigenvalue weighted by Crippen LogP contribution is -2.36. The van der Waals surface area contributed by atoms with Crippen LogP contribution in [-0.2, 0) is 26.2 Å². The molecule has 0 radical (unpaired) electrons. The van der Waals surface area contributed by atoms with Gasteiger partial charge in [0.15, 0.2) is 0 Å². The molecule has 3 aromatic carbocycles. The van der Waals surface area contributed by atoms with Crippen molar-refractivity contribution in [1.29, 1.82) is 0 Å². The lowest BCUT2D eigenvalue weighted by atomic mass is 10.1. The standard InChI is InChI=1S/C51H76N12O13/c1-2-31-74-43-10-7-39(8-11-43)35-60(17-25-68)48-52-46(58(13-21-64)14-22-65)53-49(56-48)61(18-26-69)36-40-9-12-45(76-33-30-73)42(34-40)38-63(20-28-71)51-55-47(59(15-23-66)16-24-67)54-50(57-51)62(19-27-70)37-41-5-3-4-6-44(41)75-32-29-72/h3-12,34,64-73H,2,13-33,35-38H2,1H3. The summed E-state index contributed by atoms with van der Waals surface area (Å²) in [5.41, 5.74) is 2.86. The maximum Gasteiger partial charge on any atom is 0.232 e. The molecule has 418 valence electrons. The van der Waals surface area contributed by atoms with Gasteiger partial charge in [-0.15, -0.1) is 0 Å². The smallest absolute Gasteiger partial charge is 0.232 e. The summed E-state index contributed by atoms with van der Waals surface area (Å²) in [6, 6.07) is 20.2. The Kier molecular flexibility index (Phi) is 26.6. The topological polar surface area (TPSA) is 327 Å². The van der Waals surface area contributed by atoms with Crippen molar-refractivity contribution in [3.8, 4) is 17.2 Å². The maximum atomic E-state index is 10.6. The summed E-state index contributed by atoms with van der Waals surface area (Å²) >= 11 is 0. The molecule has 2 aromatic heterocycles. The van der Waals surface area contributed by atoms with Crippen molar-refractivity contribution in [2.24, 2.45) is 0 Å². The summed E-state index contributed by atoms with van der Waals surface area (Å²) in [6.45, 7) is 0.955. The van der Waals surface area contributed by atoms with Gasteiger partial charge in [-0.05, 0) is 47.9 Å². The van der Waals surface area contributed by atoms with Gasteiger partial charge in [0.1, 0.15) is 30.5 Å². The van der Waals surface area contributed by atoms with Gasteiger partial charge >= 0.3 is 0 Å². The van der Waals surface area contributed by atoms with Crippen molar-refractivity contribution in [2.45, 2.75) is 39.5 Å². The number of hydrogen-bond donors (Lipinski definition) is 10. The fraction of sp³-hybridized carbons (Fsp3) is 0.529. The number of para-hydroxylation sites is 1. The molecular formula is C51H76N12O13. The van der Waals surface area contributed by atoms with Crippen molar-refractivity contribution in [2.75, 3.05) is 168 Å². The molecule has 0 spiro atoms. The fourth-order valence-corrected chi connectivity index (χ4v) is 7.97. The summed E-state index contributed by atoms with van der Waals surface area (Å²) in [4.78, 5) is 39.0. The summed E-state index contributed by atoms with van der Waals surface area (Å²) in [7, 11) is 0. The van der Waals surface area contributed by atoms with Crippen molar-refractivity contribution >= 4 is 35.7 Å². The van der Waals surface area contributed by atoms with E-state index in [0.29, 0.717) is 41.3 Å². The molecule has 0 saturated heterocycles. The van der Waals surface area contributed by atoms with Crippen LogP contribution in [0.5, 0.6) is 17.2 Å². The Labute approximate surface area is 443 Å². The van der Waals surface area contributed by atoms with Crippen LogP contribution >= 0.6 is 0 Å². The third kappa shape index (κ3) is 18.4. The summed E-state index contributed by atoms with van der Waals surface area (Å²) < 4.78 is 17.6. The molecule has 5 aromatic rings. The van der Waals surface area contributed by atoms with Gasteiger partial charge < -0.3 is 94.7 Å². The minimum atomic E-state index is -0.348. The van der Waals surface area contributed by atoms with Gasteiger partial charge in [-0.3, -0.25) is 0 Å². The third-order valence-corrected chi connectivity index (χ3v) is 11.5. The highest BCUT2D eigenvalue weighted by Gasteiger charge is 2.25. The SMILES string of the molecule is CCCOc1ccc(CN(CCO)c2nc(N(CCO)CCO)nc(N(CCO)Cc3ccc(OCCO)c(CN(CCO)c4nc(N(CCO)CCO)nc(N(CCO)Cc5ccccc5OCCO)n4)c3)n2)cc1.